The van der Waals surface area contributed by atoms with Crippen LogP contribution >= 0.6 is 0 Å². The molecule has 2 heterocycles. The third-order valence-corrected chi connectivity index (χ3v) is 4.58. The molecule has 0 aliphatic carbocycles. The molecule has 1 aromatic heterocycles. The third kappa shape index (κ3) is 3.78. The minimum atomic E-state index is -0.299. The quantitative estimate of drug-likeness (QED) is 0.855. The number of aromatic nitrogens is 2. The monoisotopic (exact) mass is 342 g/mol. The number of rotatable bonds is 4. The van der Waals surface area contributed by atoms with Gasteiger partial charge in [-0.15, -0.1) is 0 Å². The molecule has 1 aliphatic rings. The summed E-state index contributed by atoms with van der Waals surface area (Å²) in [7, 11) is 1.91. The van der Waals surface area contributed by atoms with Crippen LogP contribution in [0.1, 0.15) is 36.5 Å². The largest absolute Gasteiger partial charge is 0.359 e. The number of carbonyl (C=O) groups excluding carboxylic acids is 1. The Morgan fingerprint density at radius 3 is 2.52 bits per heavy atom. The first kappa shape index (κ1) is 17.3. The molecule has 1 saturated heterocycles. The summed E-state index contributed by atoms with van der Waals surface area (Å²) in [6.07, 6.45) is 4.86. The first-order chi connectivity index (χ1) is 12.1. The van der Waals surface area contributed by atoms with Gasteiger partial charge in [-0.05, 0) is 50.5 Å². The number of hydrogen-bond acceptors (Lipinski definition) is 4. The topological polar surface area (TPSA) is 49.3 Å². The fraction of sp³-hybridized carbons (Fsp3) is 0.421. The molecule has 0 radical (unpaired) electrons. The molecule has 0 bridgehead atoms. The molecule has 0 spiro atoms. The smallest absolute Gasteiger partial charge is 0.259 e. The van der Waals surface area contributed by atoms with Gasteiger partial charge in [0.1, 0.15) is 17.2 Å². The van der Waals surface area contributed by atoms with E-state index in [2.05, 4.69) is 9.97 Å². The molecule has 0 N–H and O–H groups in total. The van der Waals surface area contributed by atoms with E-state index in [9.17, 15) is 9.18 Å². The normalized spacial score (nSPS) is 14.4. The number of hydrogen-bond donors (Lipinski definition) is 0. The van der Waals surface area contributed by atoms with Crippen LogP contribution in [-0.4, -0.2) is 47.5 Å². The van der Waals surface area contributed by atoms with Crippen molar-refractivity contribution < 1.29 is 9.18 Å². The minimum absolute atomic E-state index is 0.0133. The van der Waals surface area contributed by atoms with Crippen LogP contribution in [0.3, 0.4) is 0 Å². The number of likely N-dealkylation sites (tertiary alicyclic amines) is 1. The molecule has 0 atom stereocenters. The lowest BCUT2D eigenvalue weighted by molar-refractivity contribution is 0.0724. The number of piperidine rings is 1. The van der Waals surface area contributed by atoms with Gasteiger partial charge in [0.05, 0.1) is 0 Å². The molecule has 0 unspecified atom stereocenters. The Balaban J connectivity index is 1.97. The van der Waals surface area contributed by atoms with Crippen molar-refractivity contribution in [3.8, 4) is 11.4 Å². The van der Waals surface area contributed by atoms with E-state index < -0.39 is 0 Å². The van der Waals surface area contributed by atoms with Gasteiger partial charge < -0.3 is 9.80 Å². The number of benzene rings is 1. The lowest BCUT2D eigenvalue weighted by atomic mass is 10.1. The van der Waals surface area contributed by atoms with E-state index in [0.717, 1.165) is 38.0 Å². The summed E-state index contributed by atoms with van der Waals surface area (Å²) < 4.78 is 13.1. The number of anilines is 1. The summed E-state index contributed by atoms with van der Waals surface area (Å²) >= 11 is 0. The number of carbonyl (C=O) groups is 1. The van der Waals surface area contributed by atoms with Gasteiger partial charge in [0.2, 0.25) is 0 Å². The van der Waals surface area contributed by atoms with Crippen LogP contribution in [0.15, 0.2) is 30.5 Å². The Kier molecular flexibility index (Phi) is 5.26. The molecule has 1 aromatic carbocycles. The van der Waals surface area contributed by atoms with Gasteiger partial charge in [-0.25, -0.2) is 14.4 Å². The fourth-order valence-corrected chi connectivity index (χ4v) is 2.97. The van der Waals surface area contributed by atoms with Crippen molar-refractivity contribution in [2.24, 2.45) is 0 Å². The molecule has 0 saturated carbocycles. The number of nitrogens with zero attached hydrogens (tertiary/aromatic N) is 4. The van der Waals surface area contributed by atoms with Crippen molar-refractivity contribution in [3.05, 3.63) is 41.8 Å². The third-order valence-electron chi connectivity index (χ3n) is 4.58. The second-order valence-electron chi connectivity index (χ2n) is 6.30. The standard InChI is InChI=1S/C19H23FN4O/c1-3-23(2)18-16(19(25)24-11-5-4-6-12-24)13-21-17(22-18)14-7-9-15(20)10-8-14/h7-10,13H,3-6,11-12H2,1-2H3. The first-order valence-corrected chi connectivity index (χ1v) is 8.73. The van der Waals surface area contributed by atoms with Crippen molar-refractivity contribution in [2.75, 3.05) is 31.6 Å². The second kappa shape index (κ2) is 7.59. The number of halogens is 1. The van der Waals surface area contributed by atoms with Crippen LogP contribution < -0.4 is 4.90 Å². The zero-order valence-corrected chi connectivity index (χ0v) is 14.7. The summed E-state index contributed by atoms with van der Waals surface area (Å²) in [6.45, 7) is 4.30. The Bertz CT molecular complexity index is 742. The lowest BCUT2D eigenvalue weighted by Gasteiger charge is -2.28. The van der Waals surface area contributed by atoms with Crippen molar-refractivity contribution in [2.45, 2.75) is 26.2 Å². The van der Waals surface area contributed by atoms with Crippen LogP contribution in [0, 0.1) is 5.82 Å². The van der Waals surface area contributed by atoms with Gasteiger partial charge in [-0.1, -0.05) is 0 Å². The predicted octanol–water partition coefficient (Wildman–Crippen LogP) is 3.36. The molecule has 5 nitrogen and oxygen atoms in total. The van der Waals surface area contributed by atoms with Gasteiger partial charge >= 0.3 is 0 Å². The van der Waals surface area contributed by atoms with Crippen LogP contribution in [0.4, 0.5) is 10.2 Å². The van der Waals surface area contributed by atoms with E-state index in [1.807, 2.05) is 23.8 Å². The Labute approximate surface area is 147 Å². The van der Waals surface area contributed by atoms with Crippen LogP contribution in [-0.2, 0) is 0 Å². The Morgan fingerprint density at radius 1 is 1.20 bits per heavy atom. The van der Waals surface area contributed by atoms with E-state index in [4.69, 9.17) is 0 Å². The SMILES string of the molecule is CCN(C)c1nc(-c2ccc(F)cc2)ncc1C(=O)N1CCCCC1. The highest BCUT2D eigenvalue weighted by molar-refractivity contribution is 5.99. The molecule has 3 rings (SSSR count). The Hall–Kier alpha value is -2.50. The van der Waals surface area contributed by atoms with E-state index in [-0.39, 0.29) is 11.7 Å². The molecule has 1 amide bonds. The zero-order valence-electron chi connectivity index (χ0n) is 14.7. The van der Waals surface area contributed by atoms with Gasteiger partial charge in [-0.2, -0.15) is 0 Å². The van der Waals surface area contributed by atoms with Crippen LogP contribution in [0.5, 0.6) is 0 Å². The second-order valence-corrected chi connectivity index (χ2v) is 6.30. The van der Waals surface area contributed by atoms with Crippen molar-refractivity contribution in [1.82, 2.24) is 14.9 Å². The van der Waals surface area contributed by atoms with E-state index in [0.29, 0.717) is 17.2 Å². The molecular weight excluding hydrogens is 319 g/mol. The zero-order chi connectivity index (χ0) is 17.8. The maximum atomic E-state index is 13.1. The van der Waals surface area contributed by atoms with E-state index in [1.54, 1.807) is 18.3 Å². The van der Waals surface area contributed by atoms with Crippen LogP contribution in [0.2, 0.25) is 0 Å². The van der Waals surface area contributed by atoms with Gasteiger partial charge in [0, 0.05) is 38.4 Å². The Morgan fingerprint density at radius 2 is 1.88 bits per heavy atom. The van der Waals surface area contributed by atoms with Crippen LogP contribution in [0.25, 0.3) is 11.4 Å². The van der Waals surface area contributed by atoms with Gasteiger partial charge in [0.15, 0.2) is 5.82 Å². The average molecular weight is 342 g/mol. The highest BCUT2D eigenvalue weighted by Crippen LogP contribution is 2.24. The molecule has 25 heavy (non-hydrogen) atoms. The molecule has 6 heteroatoms. The van der Waals surface area contributed by atoms with E-state index >= 15 is 0 Å². The summed E-state index contributed by atoms with van der Waals surface area (Å²) in [5, 5.41) is 0. The van der Waals surface area contributed by atoms with E-state index in [1.165, 1.54) is 18.6 Å². The predicted molar refractivity (Wildman–Crippen MR) is 96.1 cm³/mol. The van der Waals surface area contributed by atoms with Crippen molar-refractivity contribution in [1.29, 1.82) is 0 Å². The number of amides is 1. The summed E-state index contributed by atoms with van der Waals surface area (Å²) in [5.74, 6) is 0.796. The molecule has 132 valence electrons. The van der Waals surface area contributed by atoms with Crippen molar-refractivity contribution in [3.63, 3.8) is 0 Å². The van der Waals surface area contributed by atoms with Crippen molar-refractivity contribution >= 4 is 11.7 Å². The van der Waals surface area contributed by atoms with Gasteiger partial charge in [0.25, 0.3) is 5.91 Å². The summed E-state index contributed by atoms with van der Waals surface area (Å²) in [6, 6.07) is 6.06. The van der Waals surface area contributed by atoms with Gasteiger partial charge in [-0.3, -0.25) is 4.79 Å². The average Bonchev–Trinajstić information content (AvgIpc) is 2.67. The molecule has 2 aromatic rings. The maximum absolute atomic E-state index is 13.1. The fourth-order valence-electron chi connectivity index (χ4n) is 2.97. The summed E-state index contributed by atoms with van der Waals surface area (Å²) in [5.41, 5.74) is 1.25. The molecular formula is C19H23FN4O. The molecule has 1 fully saturated rings. The highest BCUT2D eigenvalue weighted by Gasteiger charge is 2.24. The highest BCUT2D eigenvalue weighted by atomic mass is 19.1. The lowest BCUT2D eigenvalue weighted by Crippen LogP contribution is -2.37. The maximum Gasteiger partial charge on any atom is 0.259 e. The minimum Gasteiger partial charge on any atom is -0.359 e. The first-order valence-electron chi connectivity index (χ1n) is 8.73. The molecule has 1 aliphatic heterocycles. The summed E-state index contributed by atoms with van der Waals surface area (Å²) in [4.78, 5) is 25.7.